The van der Waals surface area contributed by atoms with Crippen molar-refractivity contribution in [1.82, 2.24) is 35.0 Å². The van der Waals surface area contributed by atoms with Gasteiger partial charge in [0.15, 0.2) is 0 Å². The number of rotatable bonds is 12. The number of allylic oxidation sites excluding steroid dienone is 2. The highest BCUT2D eigenvalue weighted by molar-refractivity contribution is 7.91. The van der Waals surface area contributed by atoms with E-state index in [-0.39, 0.29) is 37.3 Å². The quantitative estimate of drug-likeness (QED) is 0.198. The van der Waals surface area contributed by atoms with E-state index in [9.17, 15) is 22.8 Å². The van der Waals surface area contributed by atoms with Crippen LogP contribution in [0.5, 0.6) is 11.6 Å². The number of likely N-dealkylation sites (N-methyl/N-ethyl adjacent to an activating group) is 1. The van der Waals surface area contributed by atoms with Crippen LogP contribution in [0, 0.1) is 17.8 Å². The number of sulfonamides is 1. The lowest BCUT2D eigenvalue weighted by atomic mass is 9.96. The molecule has 1 aromatic heterocycles. The minimum absolute atomic E-state index is 0.00723. The summed E-state index contributed by atoms with van der Waals surface area (Å²) in [6.07, 6.45) is 14.1. The highest BCUT2D eigenvalue weighted by Crippen LogP contribution is 2.46. The molecule has 16 nitrogen and oxygen atoms in total. The number of piperazine rings is 1. The summed E-state index contributed by atoms with van der Waals surface area (Å²) >= 11 is 0. The predicted molar refractivity (Wildman–Crippen MR) is 248 cm³/mol. The molecule has 7 aliphatic rings. The topological polar surface area (TPSA) is 189 Å². The summed E-state index contributed by atoms with van der Waals surface area (Å²) < 4.78 is 47.8. The summed E-state index contributed by atoms with van der Waals surface area (Å²) in [6, 6.07) is 5.74. The number of carbonyl (C=O) groups excluding carboxylic acids is 4. The molecule has 0 spiro atoms. The fraction of sp³-hybridized carbons (Fsp3) is 0.653. The van der Waals surface area contributed by atoms with Crippen molar-refractivity contribution in [2.45, 2.75) is 131 Å². The molecule has 1 aromatic carbocycles. The number of nitrogens with zero attached hydrogens (tertiary/aromatic N) is 4. The van der Waals surface area contributed by atoms with Crippen molar-refractivity contribution in [2.75, 3.05) is 52.9 Å². The van der Waals surface area contributed by atoms with E-state index in [1.807, 2.05) is 24.3 Å². The third-order valence-corrected chi connectivity index (χ3v) is 17.0. The monoisotopic (exact) mass is 929 g/mol. The van der Waals surface area contributed by atoms with Gasteiger partial charge in [-0.2, -0.15) is 0 Å². The summed E-state index contributed by atoms with van der Waals surface area (Å²) in [5.41, 5.74) is -0.0956. The fourth-order valence-electron chi connectivity index (χ4n) is 11.0. The van der Waals surface area contributed by atoms with Crippen molar-refractivity contribution in [3.05, 3.63) is 54.6 Å². The van der Waals surface area contributed by atoms with Gasteiger partial charge in [-0.25, -0.2) is 18.2 Å². The van der Waals surface area contributed by atoms with E-state index in [0.717, 1.165) is 108 Å². The molecule has 2 saturated heterocycles. The normalized spacial score (nSPS) is 30.8. The molecule has 66 heavy (non-hydrogen) atoms. The average Bonchev–Trinajstić information content (AvgIpc) is 4.09. The van der Waals surface area contributed by atoms with Crippen molar-refractivity contribution in [3.63, 3.8) is 0 Å². The lowest BCUT2D eigenvalue weighted by Gasteiger charge is -2.32. The van der Waals surface area contributed by atoms with Crippen LogP contribution in [0.15, 0.2) is 49.1 Å². The third-order valence-electron chi connectivity index (χ3n) is 15.2. The van der Waals surface area contributed by atoms with Crippen LogP contribution in [-0.2, 0) is 35.6 Å². The lowest BCUT2D eigenvalue weighted by Crippen LogP contribution is -2.59. The number of pyridine rings is 1. The van der Waals surface area contributed by atoms with E-state index in [0.29, 0.717) is 43.0 Å². The van der Waals surface area contributed by atoms with Crippen LogP contribution in [0.3, 0.4) is 0 Å². The summed E-state index contributed by atoms with van der Waals surface area (Å²) in [6.45, 7) is 9.39. The van der Waals surface area contributed by atoms with Crippen LogP contribution >= 0.6 is 0 Å². The van der Waals surface area contributed by atoms with Gasteiger partial charge in [-0.15, -0.1) is 6.58 Å². The summed E-state index contributed by atoms with van der Waals surface area (Å²) in [5.74, 6) is -1.34. The standard InChI is InChI=1S/C49H67N7O9S/c1-3-34-30-49(34,47(59)53-66(61,62)36-21-22-36)52-44(57)40-29-35-31-56(40)46(58)42(33-14-7-8-15-33)51-48(60)65-41-20-11-16-32(41)13-5-4-6-18-38-43(37-17-9-10-19-39(37)50-45(38)64-35)63-28-12-23-55-26-24-54(2)25-27-55/h3-4,6,9-10,17,19,32-36,40-42H,1,5,7-8,11-16,18,20-31H2,2H3,(H,51,60)(H,52,57)(H,53,59)/b6-4+/t32-,34?,35-,40+,41-,42+,49-/m1/s1. The van der Waals surface area contributed by atoms with Crippen LogP contribution in [0.2, 0.25) is 0 Å². The van der Waals surface area contributed by atoms with E-state index < -0.39 is 68.7 Å². The first-order valence-corrected chi connectivity index (χ1v) is 26.0. The fourth-order valence-corrected chi connectivity index (χ4v) is 12.4. The van der Waals surface area contributed by atoms with Crippen molar-refractivity contribution in [1.29, 1.82) is 0 Å². The van der Waals surface area contributed by atoms with E-state index in [1.165, 1.54) is 11.0 Å². The van der Waals surface area contributed by atoms with E-state index in [1.54, 1.807) is 0 Å². The molecule has 4 heterocycles. The van der Waals surface area contributed by atoms with Crippen LogP contribution in [0.25, 0.3) is 10.9 Å². The molecular weight excluding hydrogens is 863 g/mol. The highest BCUT2D eigenvalue weighted by atomic mass is 32.2. The molecule has 4 saturated carbocycles. The van der Waals surface area contributed by atoms with Crippen molar-refractivity contribution in [3.8, 4) is 11.6 Å². The molecule has 3 N–H and O–H groups in total. The zero-order valence-corrected chi connectivity index (χ0v) is 39.1. The number of fused-ring (bicyclic) bond motifs is 5. The Morgan fingerprint density at radius 3 is 2.52 bits per heavy atom. The maximum absolute atomic E-state index is 15.1. The molecule has 4 amide bonds. The van der Waals surface area contributed by atoms with Gasteiger partial charge in [-0.3, -0.25) is 19.1 Å². The molecule has 3 aliphatic heterocycles. The molecule has 2 bridgehead atoms. The number of ether oxygens (including phenoxy) is 3. The minimum Gasteiger partial charge on any atom is -0.492 e. The zero-order valence-electron chi connectivity index (χ0n) is 38.3. The molecule has 9 rings (SSSR count). The van der Waals surface area contributed by atoms with Gasteiger partial charge in [0.2, 0.25) is 27.7 Å². The molecular formula is C49H67N7O9S. The number of hydrogen-bond acceptors (Lipinski definition) is 12. The maximum atomic E-state index is 15.1. The highest BCUT2D eigenvalue weighted by Gasteiger charge is 2.62. The molecule has 1 unspecified atom stereocenters. The Hall–Kier alpha value is -4.74. The SMILES string of the molecule is C=CC1C[C@]1(NC(=O)[C@@H]1C[C@@H]2CN1C(=O)[C@H](C1CCCC1)NC(=O)O[C@@H]1CCC[C@H]1CC/C=C/Cc1c(nc3ccccc3c1OCCCN1CCN(C)CC1)O2)C(=O)NS(=O)(=O)C1CC1. The first kappa shape index (κ1) is 46.4. The predicted octanol–water partition coefficient (Wildman–Crippen LogP) is 4.61. The van der Waals surface area contributed by atoms with Crippen molar-refractivity contribution >= 4 is 44.7 Å². The van der Waals surface area contributed by atoms with Gasteiger partial charge < -0.3 is 39.5 Å². The molecule has 358 valence electrons. The number of benzene rings is 1. The van der Waals surface area contributed by atoms with Crippen molar-refractivity contribution in [2.24, 2.45) is 17.8 Å². The summed E-state index contributed by atoms with van der Waals surface area (Å²) in [4.78, 5) is 68.8. The summed E-state index contributed by atoms with van der Waals surface area (Å²) in [5, 5.41) is 6.10. The Bertz CT molecular complexity index is 2290. The number of amides is 4. The largest absolute Gasteiger partial charge is 0.492 e. The number of hydrogen-bond donors (Lipinski definition) is 3. The second-order valence-corrected chi connectivity index (χ2v) is 21.8. The number of para-hydroxylation sites is 1. The number of alkyl carbamates (subject to hydrolysis) is 1. The second-order valence-electron chi connectivity index (χ2n) is 19.8. The Kier molecular flexibility index (Phi) is 13.9. The van der Waals surface area contributed by atoms with Crippen LogP contribution < -0.4 is 24.8 Å². The minimum atomic E-state index is -3.92. The summed E-state index contributed by atoms with van der Waals surface area (Å²) in [7, 11) is -1.76. The average molecular weight is 930 g/mol. The lowest BCUT2D eigenvalue weighted by molar-refractivity contribution is -0.142. The number of nitrogens with one attached hydrogen (secondary N) is 3. The Labute approximate surface area is 388 Å². The second kappa shape index (κ2) is 19.8. The van der Waals surface area contributed by atoms with Gasteiger partial charge in [-0.1, -0.05) is 43.2 Å². The Balaban J connectivity index is 1.05. The Morgan fingerprint density at radius 1 is 0.985 bits per heavy atom. The Morgan fingerprint density at radius 2 is 1.76 bits per heavy atom. The molecule has 7 atom stereocenters. The zero-order chi connectivity index (χ0) is 46.0. The van der Waals surface area contributed by atoms with Gasteiger partial charge in [0.25, 0.3) is 5.91 Å². The van der Waals surface area contributed by atoms with E-state index in [2.05, 4.69) is 50.9 Å². The van der Waals surface area contributed by atoms with E-state index >= 15 is 4.79 Å². The van der Waals surface area contributed by atoms with Gasteiger partial charge in [0.05, 0.1) is 29.5 Å². The van der Waals surface area contributed by atoms with Crippen LogP contribution in [0.4, 0.5) is 4.79 Å². The molecule has 17 heteroatoms. The van der Waals surface area contributed by atoms with Gasteiger partial charge >= 0.3 is 6.09 Å². The maximum Gasteiger partial charge on any atom is 0.408 e. The molecule has 0 radical (unpaired) electrons. The first-order valence-electron chi connectivity index (χ1n) is 24.5. The van der Waals surface area contributed by atoms with Gasteiger partial charge in [0.1, 0.15) is 35.6 Å². The van der Waals surface area contributed by atoms with Crippen LogP contribution in [-0.4, -0.2) is 140 Å². The first-order chi connectivity index (χ1) is 31.9. The van der Waals surface area contributed by atoms with Crippen molar-refractivity contribution < 1.29 is 41.8 Å². The van der Waals surface area contributed by atoms with E-state index in [4.69, 9.17) is 19.2 Å². The molecule has 6 fully saturated rings. The molecule has 4 aliphatic carbocycles. The smallest absolute Gasteiger partial charge is 0.408 e. The van der Waals surface area contributed by atoms with Crippen LogP contribution in [0.1, 0.15) is 95.5 Å². The molecule has 2 aromatic rings. The van der Waals surface area contributed by atoms with Gasteiger partial charge in [-0.05, 0) is 108 Å². The number of carbonyl (C=O) groups is 4. The van der Waals surface area contributed by atoms with Gasteiger partial charge in [0, 0.05) is 50.4 Å². The third kappa shape index (κ3) is 10.2. The number of aromatic nitrogens is 1.